The zero-order chi connectivity index (χ0) is 15.2. The number of hydrogen-bond donors (Lipinski definition) is 1. The van der Waals surface area contributed by atoms with Crippen molar-refractivity contribution in [3.8, 4) is 0 Å². The van der Waals surface area contributed by atoms with Crippen LogP contribution in [0.25, 0.3) is 0 Å². The number of carbonyl (C=O) groups excluding carboxylic acids is 1. The lowest BCUT2D eigenvalue weighted by Crippen LogP contribution is -2.34. The molecule has 2 aromatic rings. The maximum atomic E-state index is 11.9. The molecule has 0 aliphatic rings. The molecule has 112 valence electrons. The normalized spacial score (nSPS) is 12.1. The quantitative estimate of drug-likeness (QED) is 0.866. The zero-order valence-corrected chi connectivity index (χ0v) is 12.7. The van der Waals surface area contributed by atoms with Gasteiger partial charge in [-0.05, 0) is 26.0 Å². The molecular formula is C15H21N5O. The van der Waals surface area contributed by atoms with E-state index >= 15 is 0 Å². The number of aryl methyl sites for hydroxylation is 3. The second kappa shape index (κ2) is 6.97. The Bertz CT molecular complexity index is 608. The summed E-state index contributed by atoms with van der Waals surface area (Å²) in [7, 11) is 1.87. The van der Waals surface area contributed by atoms with Crippen LogP contribution in [0.5, 0.6) is 0 Å². The molecule has 2 rings (SSSR count). The zero-order valence-electron chi connectivity index (χ0n) is 12.7. The predicted molar refractivity (Wildman–Crippen MR) is 79.6 cm³/mol. The van der Waals surface area contributed by atoms with Crippen molar-refractivity contribution in [3.63, 3.8) is 0 Å². The standard InChI is InChI=1S/C15H21N5O/c1-11-5-4-6-13(17-11)9-12(2)18-15(21)8-7-14-19-16-10-20(14)3/h4-6,10,12H,7-9H2,1-3H3,(H,18,21)/t12-/m0/s1. The number of carbonyl (C=O) groups is 1. The highest BCUT2D eigenvalue weighted by molar-refractivity contribution is 5.76. The highest BCUT2D eigenvalue weighted by atomic mass is 16.1. The van der Waals surface area contributed by atoms with Crippen LogP contribution in [0.1, 0.15) is 30.6 Å². The Kier molecular flexibility index (Phi) is 5.03. The summed E-state index contributed by atoms with van der Waals surface area (Å²) in [6, 6.07) is 6.00. The molecule has 0 bridgehead atoms. The molecule has 0 spiro atoms. The third-order valence-corrected chi connectivity index (χ3v) is 3.25. The minimum atomic E-state index is 0.0261. The fraction of sp³-hybridized carbons (Fsp3) is 0.467. The number of nitrogens with zero attached hydrogens (tertiary/aromatic N) is 4. The van der Waals surface area contributed by atoms with Gasteiger partial charge in [0.25, 0.3) is 0 Å². The molecule has 0 unspecified atom stereocenters. The molecule has 6 heteroatoms. The molecule has 2 aromatic heterocycles. The summed E-state index contributed by atoms with van der Waals surface area (Å²) in [5.74, 6) is 0.844. The molecule has 1 amide bonds. The average Bonchev–Trinajstić information content (AvgIpc) is 2.81. The maximum Gasteiger partial charge on any atom is 0.220 e. The lowest BCUT2D eigenvalue weighted by Gasteiger charge is -2.13. The van der Waals surface area contributed by atoms with E-state index in [9.17, 15) is 4.79 Å². The van der Waals surface area contributed by atoms with E-state index in [0.29, 0.717) is 12.8 Å². The molecule has 1 N–H and O–H groups in total. The third-order valence-electron chi connectivity index (χ3n) is 3.25. The molecule has 21 heavy (non-hydrogen) atoms. The molecule has 6 nitrogen and oxygen atoms in total. The van der Waals surface area contributed by atoms with Crippen LogP contribution >= 0.6 is 0 Å². The number of rotatable bonds is 6. The number of aromatic nitrogens is 4. The summed E-state index contributed by atoms with van der Waals surface area (Å²) in [5.41, 5.74) is 1.99. The second-order valence-corrected chi connectivity index (χ2v) is 5.30. The topological polar surface area (TPSA) is 72.7 Å². The Morgan fingerprint density at radius 2 is 2.24 bits per heavy atom. The van der Waals surface area contributed by atoms with Crippen molar-refractivity contribution in [2.45, 2.75) is 39.2 Å². The van der Waals surface area contributed by atoms with Crippen molar-refractivity contribution >= 4 is 5.91 Å². The fourth-order valence-corrected chi connectivity index (χ4v) is 2.18. The van der Waals surface area contributed by atoms with E-state index in [1.54, 1.807) is 6.33 Å². The van der Waals surface area contributed by atoms with Gasteiger partial charge < -0.3 is 9.88 Å². The van der Waals surface area contributed by atoms with Crippen molar-refractivity contribution < 1.29 is 4.79 Å². The lowest BCUT2D eigenvalue weighted by molar-refractivity contribution is -0.121. The summed E-state index contributed by atoms with van der Waals surface area (Å²) in [6.45, 7) is 3.96. The molecule has 0 saturated carbocycles. The Morgan fingerprint density at radius 3 is 2.90 bits per heavy atom. The molecule has 0 saturated heterocycles. The molecule has 0 aliphatic carbocycles. The van der Waals surface area contributed by atoms with Crippen LogP contribution in [0.3, 0.4) is 0 Å². The van der Waals surface area contributed by atoms with Crippen LogP contribution in [0.2, 0.25) is 0 Å². The van der Waals surface area contributed by atoms with Gasteiger partial charge in [0.2, 0.25) is 5.91 Å². The van der Waals surface area contributed by atoms with Gasteiger partial charge in [0.05, 0.1) is 0 Å². The third kappa shape index (κ3) is 4.66. The van der Waals surface area contributed by atoms with Crippen molar-refractivity contribution in [1.29, 1.82) is 0 Å². The van der Waals surface area contributed by atoms with Gasteiger partial charge in [-0.3, -0.25) is 9.78 Å². The predicted octanol–water partition coefficient (Wildman–Crippen LogP) is 1.20. The van der Waals surface area contributed by atoms with E-state index < -0.39 is 0 Å². The van der Waals surface area contributed by atoms with Gasteiger partial charge in [0, 0.05) is 43.7 Å². The molecule has 0 aliphatic heterocycles. The smallest absolute Gasteiger partial charge is 0.220 e. The number of pyridine rings is 1. The first-order valence-corrected chi connectivity index (χ1v) is 7.09. The number of hydrogen-bond acceptors (Lipinski definition) is 4. The first-order valence-electron chi connectivity index (χ1n) is 7.09. The minimum Gasteiger partial charge on any atom is -0.353 e. The van der Waals surface area contributed by atoms with Gasteiger partial charge in [0.1, 0.15) is 12.2 Å². The van der Waals surface area contributed by atoms with Crippen molar-refractivity contribution in [3.05, 3.63) is 41.7 Å². The Morgan fingerprint density at radius 1 is 1.43 bits per heavy atom. The SMILES string of the molecule is Cc1cccc(C[C@H](C)NC(=O)CCc2nncn2C)n1. The number of nitrogens with one attached hydrogen (secondary N) is 1. The molecule has 0 radical (unpaired) electrons. The van der Waals surface area contributed by atoms with E-state index in [2.05, 4.69) is 20.5 Å². The molecular weight excluding hydrogens is 266 g/mol. The first kappa shape index (κ1) is 15.2. The monoisotopic (exact) mass is 287 g/mol. The van der Waals surface area contributed by atoms with Crippen molar-refractivity contribution in [1.82, 2.24) is 25.1 Å². The molecule has 0 fully saturated rings. The summed E-state index contributed by atoms with van der Waals surface area (Å²) < 4.78 is 1.83. The minimum absolute atomic E-state index is 0.0261. The van der Waals surface area contributed by atoms with E-state index in [1.165, 1.54) is 0 Å². The number of amides is 1. The Labute approximate surface area is 124 Å². The van der Waals surface area contributed by atoms with Crippen LogP contribution < -0.4 is 5.32 Å². The van der Waals surface area contributed by atoms with E-state index in [0.717, 1.165) is 23.6 Å². The van der Waals surface area contributed by atoms with E-state index in [-0.39, 0.29) is 11.9 Å². The fourth-order valence-electron chi connectivity index (χ4n) is 2.18. The van der Waals surface area contributed by atoms with Gasteiger partial charge in [0.15, 0.2) is 0 Å². The highest BCUT2D eigenvalue weighted by Crippen LogP contribution is 2.03. The second-order valence-electron chi connectivity index (χ2n) is 5.30. The van der Waals surface area contributed by atoms with Gasteiger partial charge in [-0.2, -0.15) is 0 Å². The summed E-state index contributed by atoms with van der Waals surface area (Å²) in [5, 5.41) is 10.8. The van der Waals surface area contributed by atoms with Crippen LogP contribution in [-0.2, 0) is 24.7 Å². The van der Waals surface area contributed by atoms with Gasteiger partial charge in [-0.25, -0.2) is 0 Å². The maximum absolute atomic E-state index is 11.9. The van der Waals surface area contributed by atoms with Crippen molar-refractivity contribution in [2.24, 2.45) is 7.05 Å². The van der Waals surface area contributed by atoms with E-state index in [1.807, 2.05) is 43.7 Å². The van der Waals surface area contributed by atoms with Gasteiger partial charge in [-0.15, -0.1) is 10.2 Å². The Balaban J connectivity index is 1.78. The van der Waals surface area contributed by atoms with Crippen LogP contribution in [0, 0.1) is 6.92 Å². The summed E-state index contributed by atoms with van der Waals surface area (Å²) in [6.07, 6.45) is 3.38. The van der Waals surface area contributed by atoms with Crippen molar-refractivity contribution in [2.75, 3.05) is 0 Å². The van der Waals surface area contributed by atoms with Crippen LogP contribution in [-0.4, -0.2) is 31.7 Å². The Hall–Kier alpha value is -2.24. The molecule has 2 heterocycles. The summed E-state index contributed by atoms with van der Waals surface area (Å²) in [4.78, 5) is 16.4. The van der Waals surface area contributed by atoms with E-state index in [4.69, 9.17) is 0 Å². The first-order chi connectivity index (χ1) is 10.0. The summed E-state index contributed by atoms with van der Waals surface area (Å²) >= 11 is 0. The lowest BCUT2D eigenvalue weighted by atomic mass is 10.1. The highest BCUT2D eigenvalue weighted by Gasteiger charge is 2.10. The van der Waals surface area contributed by atoms with Gasteiger partial charge in [-0.1, -0.05) is 6.07 Å². The average molecular weight is 287 g/mol. The molecule has 0 aromatic carbocycles. The van der Waals surface area contributed by atoms with Crippen LogP contribution in [0.4, 0.5) is 0 Å². The van der Waals surface area contributed by atoms with Crippen LogP contribution in [0.15, 0.2) is 24.5 Å². The largest absolute Gasteiger partial charge is 0.353 e. The van der Waals surface area contributed by atoms with Gasteiger partial charge >= 0.3 is 0 Å². The molecule has 1 atom stereocenters.